The smallest absolute Gasteiger partial charge is 0.344 e. The average molecular weight is 208 g/mol. The van der Waals surface area contributed by atoms with E-state index in [9.17, 15) is 9.59 Å². The highest BCUT2D eigenvalue weighted by atomic mass is 16.5. The molecule has 0 aliphatic heterocycles. The number of aromatic nitrogens is 1. The summed E-state index contributed by atoms with van der Waals surface area (Å²) in [6, 6.07) is 3.40. The van der Waals surface area contributed by atoms with E-state index in [4.69, 9.17) is 0 Å². The van der Waals surface area contributed by atoms with Crippen LogP contribution in [0.2, 0.25) is 0 Å². The molecule has 4 heteroatoms. The van der Waals surface area contributed by atoms with Crippen LogP contribution in [-0.2, 0) is 16.1 Å². The molecule has 0 aliphatic rings. The Hall–Kier alpha value is -1.71. The summed E-state index contributed by atoms with van der Waals surface area (Å²) in [6.45, 7) is 3.57. The van der Waals surface area contributed by atoms with Gasteiger partial charge in [-0.3, -0.25) is 4.79 Å². The zero-order valence-electron chi connectivity index (χ0n) is 9.11. The second-order valence-electron chi connectivity index (χ2n) is 3.33. The normalized spacial score (nSPS) is 9.80. The third kappa shape index (κ3) is 2.62. The molecule has 0 bridgehead atoms. The summed E-state index contributed by atoms with van der Waals surface area (Å²) in [7, 11) is 1.34. The van der Waals surface area contributed by atoms with Crippen molar-refractivity contribution in [1.29, 1.82) is 0 Å². The fourth-order valence-electron chi connectivity index (χ4n) is 1.37. The lowest BCUT2D eigenvalue weighted by molar-refractivity contribution is -0.690. The van der Waals surface area contributed by atoms with Crippen molar-refractivity contribution in [2.75, 3.05) is 7.11 Å². The van der Waals surface area contributed by atoms with Crippen molar-refractivity contribution in [3.05, 3.63) is 29.6 Å². The summed E-state index contributed by atoms with van der Waals surface area (Å²) < 4.78 is 6.37. The maximum Gasteiger partial charge on any atom is 0.344 e. The Morgan fingerprint density at radius 3 is 2.67 bits per heavy atom. The van der Waals surface area contributed by atoms with Gasteiger partial charge in [-0.15, -0.1) is 0 Å². The van der Waals surface area contributed by atoms with Crippen molar-refractivity contribution >= 4 is 11.8 Å². The maximum absolute atomic E-state index is 11.4. The van der Waals surface area contributed by atoms with E-state index in [1.165, 1.54) is 14.0 Å². The SMILES string of the molecule is COC(=O)c1ccc[n+](CC(C)=O)c1C. The van der Waals surface area contributed by atoms with Gasteiger partial charge in [-0.1, -0.05) is 0 Å². The number of rotatable bonds is 3. The first kappa shape index (κ1) is 11.4. The van der Waals surface area contributed by atoms with Crippen LogP contribution in [0.1, 0.15) is 23.0 Å². The Labute approximate surface area is 88.5 Å². The Kier molecular flexibility index (Phi) is 3.55. The quantitative estimate of drug-likeness (QED) is 0.541. The molecule has 1 aromatic rings. The molecule has 15 heavy (non-hydrogen) atoms. The zero-order valence-corrected chi connectivity index (χ0v) is 9.11. The molecule has 0 atom stereocenters. The van der Waals surface area contributed by atoms with Crippen LogP contribution in [0.4, 0.5) is 0 Å². The lowest BCUT2D eigenvalue weighted by Crippen LogP contribution is -2.41. The topological polar surface area (TPSA) is 47.2 Å². The summed E-state index contributed by atoms with van der Waals surface area (Å²) in [4.78, 5) is 22.3. The monoisotopic (exact) mass is 208 g/mol. The molecular formula is C11H14NO3+. The van der Waals surface area contributed by atoms with Crippen molar-refractivity contribution in [1.82, 2.24) is 0 Å². The lowest BCUT2D eigenvalue weighted by atomic mass is 10.2. The maximum atomic E-state index is 11.4. The van der Waals surface area contributed by atoms with E-state index in [0.29, 0.717) is 5.56 Å². The van der Waals surface area contributed by atoms with Crippen molar-refractivity contribution in [2.45, 2.75) is 20.4 Å². The molecule has 0 saturated carbocycles. The highest BCUT2D eigenvalue weighted by Crippen LogP contribution is 2.03. The Morgan fingerprint density at radius 1 is 1.47 bits per heavy atom. The second-order valence-corrected chi connectivity index (χ2v) is 3.33. The number of hydrogen-bond donors (Lipinski definition) is 0. The molecule has 0 spiro atoms. The van der Waals surface area contributed by atoms with E-state index in [1.54, 1.807) is 29.8 Å². The molecule has 0 radical (unpaired) electrons. The van der Waals surface area contributed by atoms with Crippen molar-refractivity contribution < 1.29 is 18.9 Å². The van der Waals surface area contributed by atoms with Crippen LogP contribution >= 0.6 is 0 Å². The number of carbonyl (C=O) groups is 2. The van der Waals surface area contributed by atoms with Gasteiger partial charge >= 0.3 is 5.97 Å². The largest absolute Gasteiger partial charge is 0.465 e. The van der Waals surface area contributed by atoms with Gasteiger partial charge in [-0.2, -0.15) is 4.57 Å². The fraction of sp³-hybridized carbons (Fsp3) is 0.364. The van der Waals surface area contributed by atoms with Crippen LogP contribution in [0.25, 0.3) is 0 Å². The Morgan fingerprint density at radius 2 is 2.13 bits per heavy atom. The number of Topliss-reactive ketones (excluding diaryl/α,β-unsaturated/α-hetero) is 1. The lowest BCUT2D eigenvalue weighted by Gasteiger charge is -2.02. The van der Waals surface area contributed by atoms with Crippen LogP contribution in [0.5, 0.6) is 0 Å². The molecule has 0 unspecified atom stereocenters. The van der Waals surface area contributed by atoms with Gasteiger partial charge in [0, 0.05) is 19.9 Å². The molecule has 1 rings (SSSR count). The number of ketones is 1. The number of nitrogens with zero attached hydrogens (tertiary/aromatic N) is 1. The van der Waals surface area contributed by atoms with Crippen LogP contribution in [0.3, 0.4) is 0 Å². The molecule has 0 amide bonds. The van der Waals surface area contributed by atoms with Crippen LogP contribution < -0.4 is 4.57 Å². The van der Waals surface area contributed by atoms with Crippen molar-refractivity contribution in [3.8, 4) is 0 Å². The molecule has 1 heterocycles. The summed E-state index contributed by atoms with van der Waals surface area (Å²) in [6.07, 6.45) is 1.77. The first-order valence-corrected chi connectivity index (χ1v) is 4.63. The molecule has 0 fully saturated rings. The summed E-state index contributed by atoms with van der Waals surface area (Å²) in [5.41, 5.74) is 1.22. The summed E-state index contributed by atoms with van der Waals surface area (Å²) in [5.74, 6) is -0.337. The van der Waals surface area contributed by atoms with Gasteiger partial charge < -0.3 is 4.74 Å². The minimum Gasteiger partial charge on any atom is -0.465 e. The van der Waals surface area contributed by atoms with Gasteiger partial charge in [0.15, 0.2) is 17.7 Å². The van der Waals surface area contributed by atoms with Gasteiger partial charge in [0.2, 0.25) is 6.54 Å². The molecular weight excluding hydrogens is 194 g/mol. The van der Waals surface area contributed by atoms with Crippen LogP contribution in [0.15, 0.2) is 18.3 Å². The Balaban J connectivity index is 3.11. The van der Waals surface area contributed by atoms with E-state index in [0.717, 1.165) is 5.69 Å². The minimum absolute atomic E-state index is 0.0464. The fourth-order valence-corrected chi connectivity index (χ4v) is 1.37. The van der Waals surface area contributed by atoms with Crippen LogP contribution in [0, 0.1) is 6.92 Å². The first-order valence-electron chi connectivity index (χ1n) is 4.63. The predicted molar refractivity (Wildman–Crippen MR) is 53.4 cm³/mol. The number of hydrogen-bond acceptors (Lipinski definition) is 3. The molecule has 0 N–H and O–H groups in total. The average Bonchev–Trinajstić information content (AvgIpc) is 2.19. The number of ether oxygens (including phenoxy) is 1. The van der Waals surface area contributed by atoms with Crippen LogP contribution in [-0.4, -0.2) is 18.9 Å². The summed E-state index contributed by atoms with van der Waals surface area (Å²) >= 11 is 0. The van der Waals surface area contributed by atoms with Crippen molar-refractivity contribution in [3.63, 3.8) is 0 Å². The van der Waals surface area contributed by atoms with Gasteiger partial charge in [-0.05, 0) is 6.07 Å². The highest BCUT2D eigenvalue weighted by molar-refractivity contribution is 5.89. The standard InChI is InChI=1S/C11H14NO3/c1-8(13)7-12-6-4-5-10(9(12)2)11(14)15-3/h4-6H,7H2,1-3H3/q+1. The number of carbonyl (C=O) groups excluding carboxylic acids is 2. The van der Waals surface area contributed by atoms with E-state index in [-0.39, 0.29) is 18.3 Å². The summed E-state index contributed by atoms with van der Waals surface area (Å²) in [5, 5.41) is 0. The first-order chi connectivity index (χ1) is 7.06. The van der Waals surface area contributed by atoms with E-state index >= 15 is 0 Å². The second kappa shape index (κ2) is 4.68. The third-order valence-electron chi connectivity index (χ3n) is 2.15. The predicted octanol–water partition coefficient (Wildman–Crippen LogP) is 0.658. The highest BCUT2D eigenvalue weighted by Gasteiger charge is 2.18. The van der Waals surface area contributed by atoms with E-state index < -0.39 is 0 Å². The minimum atomic E-state index is -0.384. The molecule has 0 aromatic carbocycles. The number of pyridine rings is 1. The van der Waals surface area contributed by atoms with Gasteiger partial charge in [0.25, 0.3) is 0 Å². The zero-order chi connectivity index (χ0) is 11.4. The molecule has 0 aliphatic carbocycles. The van der Waals surface area contributed by atoms with Crippen molar-refractivity contribution in [2.24, 2.45) is 0 Å². The van der Waals surface area contributed by atoms with Gasteiger partial charge in [0.1, 0.15) is 5.56 Å². The molecule has 80 valence electrons. The third-order valence-corrected chi connectivity index (χ3v) is 2.15. The van der Waals surface area contributed by atoms with E-state index in [1.807, 2.05) is 0 Å². The van der Waals surface area contributed by atoms with Gasteiger partial charge in [-0.25, -0.2) is 4.79 Å². The Bertz CT molecular complexity index is 399. The van der Waals surface area contributed by atoms with E-state index in [2.05, 4.69) is 4.74 Å². The molecule has 0 saturated heterocycles. The molecule has 4 nitrogen and oxygen atoms in total. The number of esters is 1. The molecule has 1 aromatic heterocycles. The number of methoxy groups -OCH3 is 1. The van der Waals surface area contributed by atoms with Gasteiger partial charge in [0.05, 0.1) is 7.11 Å².